The number of carbonyl (C=O) groups excluding carboxylic acids is 1. The Labute approximate surface area is 139 Å². The van der Waals surface area contributed by atoms with Crippen molar-refractivity contribution in [2.45, 2.75) is 0 Å². The lowest BCUT2D eigenvalue weighted by atomic mass is 10.2. The average Bonchev–Trinajstić information content (AvgIpc) is 2.37. The highest BCUT2D eigenvalue weighted by molar-refractivity contribution is 14.1. The third kappa shape index (κ3) is 4.04. The predicted molar refractivity (Wildman–Crippen MR) is 93.4 cm³/mol. The van der Waals surface area contributed by atoms with Gasteiger partial charge in [-0.1, -0.05) is 24.8 Å². The maximum Gasteiger partial charge on any atom is 0.343 e. The summed E-state index contributed by atoms with van der Waals surface area (Å²) in [5, 5.41) is 0. The maximum atomic E-state index is 12.1. The monoisotopic (exact) mass is 476 g/mol. The standard InChI is InChI=1S/C15H10I2O2/c1-2-10-4-3-5-14(6-10)19-15(18)11-7-12(16)9-13(17)8-11/h2-9H,1H2. The number of hydrogen-bond donors (Lipinski definition) is 0. The Morgan fingerprint density at radius 2 is 1.79 bits per heavy atom. The van der Waals surface area contributed by atoms with Gasteiger partial charge in [-0.05, 0) is 81.1 Å². The molecule has 0 saturated heterocycles. The average molecular weight is 476 g/mol. The molecule has 19 heavy (non-hydrogen) atoms. The number of benzene rings is 2. The number of ether oxygens (including phenoxy) is 1. The molecule has 0 aliphatic rings. The molecule has 0 unspecified atom stereocenters. The van der Waals surface area contributed by atoms with Crippen molar-refractivity contribution in [3.05, 3.63) is 67.3 Å². The molecular formula is C15H10I2O2. The first kappa shape index (κ1) is 14.5. The lowest BCUT2D eigenvalue weighted by Crippen LogP contribution is -2.09. The molecule has 96 valence electrons. The number of rotatable bonds is 3. The van der Waals surface area contributed by atoms with Crippen LogP contribution in [0.5, 0.6) is 5.75 Å². The number of hydrogen-bond acceptors (Lipinski definition) is 2. The molecule has 2 aromatic rings. The fraction of sp³-hybridized carbons (Fsp3) is 0. The topological polar surface area (TPSA) is 26.3 Å². The highest BCUT2D eigenvalue weighted by Crippen LogP contribution is 2.18. The molecule has 0 heterocycles. The van der Waals surface area contributed by atoms with Crippen molar-refractivity contribution < 1.29 is 9.53 Å². The van der Waals surface area contributed by atoms with E-state index in [1.54, 1.807) is 18.2 Å². The summed E-state index contributed by atoms with van der Waals surface area (Å²) in [6.45, 7) is 3.69. The van der Waals surface area contributed by atoms with Crippen LogP contribution in [0.15, 0.2) is 49.0 Å². The zero-order valence-corrected chi connectivity index (χ0v) is 14.2. The van der Waals surface area contributed by atoms with Crippen LogP contribution in [0.3, 0.4) is 0 Å². The molecule has 0 aromatic heterocycles. The van der Waals surface area contributed by atoms with Gasteiger partial charge in [0.05, 0.1) is 5.56 Å². The summed E-state index contributed by atoms with van der Waals surface area (Å²) in [4.78, 5) is 12.1. The Hall–Kier alpha value is -0.890. The van der Waals surface area contributed by atoms with Crippen LogP contribution in [0.4, 0.5) is 0 Å². The summed E-state index contributed by atoms with van der Waals surface area (Å²) >= 11 is 4.36. The van der Waals surface area contributed by atoms with Gasteiger partial charge in [-0.3, -0.25) is 0 Å². The number of halogens is 2. The molecular weight excluding hydrogens is 466 g/mol. The molecule has 0 aliphatic carbocycles. The molecule has 0 spiro atoms. The second-order valence-electron chi connectivity index (χ2n) is 3.82. The van der Waals surface area contributed by atoms with Crippen molar-refractivity contribution in [3.63, 3.8) is 0 Å². The van der Waals surface area contributed by atoms with Crippen molar-refractivity contribution in [2.24, 2.45) is 0 Å². The molecule has 2 nitrogen and oxygen atoms in total. The summed E-state index contributed by atoms with van der Waals surface area (Å²) in [6, 6.07) is 12.9. The van der Waals surface area contributed by atoms with Crippen molar-refractivity contribution in [2.75, 3.05) is 0 Å². The van der Waals surface area contributed by atoms with Crippen molar-refractivity contribution in [1.82, 2.24) is 0 Å². The first-order valence-electron chi connectivity index (χ1n) is 5.49. The minimum absolute atomic E-state index is 0.349. The minimum atomic E-state index is -0.349. The Bertz CT molecular complexity index is 616. The predicted octanol–water partition coefficient (Wildman–Crippen LogP) is 4.76. The van der Waals surface area contributed by atoms with Crippen molar-refractivity contribution in [1.29, 1.82) is 0 Å². The lowest BCUT2D eigenvalue weighted by molar-refractivity contribution is 0.0734. The number of carbonyl (C=O) groups is 1. The van der Waals surface area contributed by atoms with Crippen LogP contribution in [0.2, 0.25) is 0 Å². The molecule has 0 aliphatic heterocycles. The van der Waals surface area contributed by atoms with E-state index < -0.39 is 0 Å². The first-order chi connectivity index (χ1) is 9.08. The number of esters is 1. The van der Waals surface area contributed by atoms with Crippen molar-refractivity contribution in [3.8, 4) is 5.75 Å². The highest BCUT2D eigenvalue weighted by atomic mass is 127. The summed E-state index contributed by atoms with van der Waals surface area (Å²) < 4.78 is 7.38. The second kappa shape index (κ2) is 6.51. The van der Waals surface area contributed by atoms with Gasteiger partial charge in [-0.2, -0.15) is 0 Å². The fourth-order valence-corrected chi connectivity index (χ4v) is 3.48. The van der Waals surface area contributed by atoms with Gasteiger partial charge in [0.2, 0.25) is 0 Å². The first-order valence-corrected chi connectivity index (χ1v) is 7.65. The molecule has 0 amide bonds. The Morgan fingerprint density at radius 3 is 2.42 bits per heavy atom. The van der Waals surface area contributed by atoms with Gasteiger partial charge >= 0.3 is 5.97 Å². The molecule has 0 saturated carbocycles. The minimum Gasteiger partial charge on any atom is -0.423 e. The van der Waals surface area contributed by atoms with Gasteiger partial charge in [0.1, 0.15) is 5.75 Å². The van der Waals surface area contributed by atoms with E-state index in [4.69, 9.17) is 4.74 Å². The quantitative estimate of drug-likeness (QED) is 0.363. The summed E-state index contributed by atoms with van der Waals surface area (Å²) in [6.07, 6.45) is 1.71. The molecule has 0 bridgehead atoms. The van der Waals surface area contributed by atoms with Crippen LogP contribution < -0.4 is 4.74 Å². The van der Waals surface area contributed by atoms with E-state index in [2.05, 4.69) is 51.8 Å². The van der Waals surface area contributed by atoms with Crippen LogP contribution in [-0.4, -0.2) is 5.97 Å². The molecule has 0 fully saturated rings. The normalized spacial score (nSPS) is 10.0. The summed E-state index contributed by atoms with van der Waals surface area (Å²) in [7, 11) is 0. The Balaban J connectivity index is 2.22. The highest BCUT2D eigenvalue weighted by Gasteiger charge is 2.10. The van der Waals surface area contributed by atoms with Crippen LogP contribution >= 0.6 is 45.2 Å². The molecule has 0 atom stereocenters. The SMILES string of the molecule is C=Cc1cccc(OC(=O)c2cc(I)cc(I)c2)c1. The largest absolute Gasteiger partial charge is 0.423 e. The van der Waals surface area contributed by atoms with Gasteiger partial charge in [0.15, 0.2) is 0 Å². The van der Waals surface area contributed by atoms with E-state index >= 15 is 0 Å². The smallest absolute Gasteiger partial charge is 0.343 e. The third-order valence-electron chi connectivity index (χ3n) is 2.40. The van der Waals surface area contributed by atoms with Crippen LogP contribution in [0.1, 0.15) is 15.9 Å². The molecule has 2 rings (SSSR count). The van der Waals surface area contributed by atoms with Gasteiger partial charge in [0, 0.05) is 7.14 Å². The van der Waals surface area contributed by atoms with Crippen LogP contribution in [0, 0.1) is 7.14 Å². The van der Waals surface area contributed by atoms with E-state index in [1.807, 2.05) is 30.3 Å². The molecule has 0 radical (unpaired) electrons. The van der Waals surface area contributed by atoms with Gasteiger partial charge in [-0.25, -0.2) is 4.79 Å². The Morgan fingerprint density at radius 1 is 1.11 bits per heavy atom. The second-order valence-corrected chi connectivity index (χ2v) is 6.32. The van der Waals surface area contributed by atoms with Gasteiger partial charge in [0.25, 0.3) is 0 Å². The van der Waals surface area contributed by atoms with Crippen LogP contribution in [0.25, 0.3) is 6.08 Å². The maximum absolute atomic E-state index is 12.1. The Kier molecular flexibility index (Phi) is 4.98. The van der Waals surface area contributed by atoms with E-state index in [-0.39, 0.29) is 5.97 Å². The summed E-state index contributed by atoms with van der Waals surface area (Å²) in [5.41, 5.74) is 1.47. The molecule has 0 N–H and O–H groups in total. The van der Waals surface area contributed by atoms with E-state index in [0.29, 0.717) is 11.3 Å². The third-order valence-corrected chi connectivity index (χ3v) is 3.65. The zero-order chi connectivity index (χ0) is 13.8. The zero-order valence-electron chi connectivity index (χ0n) is 9.90. The van der Waals surface area contributed by atoms with E-state index in [0.717, 1.165) is 12.7 Å². The van der Waals surface area contributed by atoms with Gasteiger partial charge < -0.3 is 4.74 Å². The fourth-order valence-electron chi connectivity index (χ4n) is 1.54. The lowest BCUT2D eigenvalue weighted by Gasteiger charge is -2.06. The van der Waals surface area contributed by atoms with Crippen molar-refractivity contribution >= 4 is 57.2 Å². The van der Waals surface area contributed by atoms with E-state index in [1.165, 1.54) is 0 Å². The van der Waals surface area contributed by atoms with Crippen LogP contribution in [-0.2, 0) is 0 Å². The summed E-state index contributed by atoms with van der Waals surface area (Å²) in [5.74, 6) is 0.175. The van der Waals surface area contributed by atoms with E-state index in [9.17, 15) is 4.79 Å². The molecule has 2 aromatic carbocycles. The molecule has 4 heteroatoms. The van der Waals surface area contributed by atoms with Gasteiger partial charge in [-0.15, -0.1) is 0 Å².